The quantitative estimate of drug-likeness (QED) is 0.847. The molecule has 18 heavy (non-hydrogen) atoms. The van der Waals surface area contributed by atoms with Crippen LogP contribution in [0.25, 0.3) is 0 Å². The maximum Gasteiger partial charge on any atom is 0.412 e. The number of nitrogens with one attached hydrogen (secondary N) is 1. The molecule has 0 atom stereocenters. The Hall–Kier alpha value is -1.55. The van der Waals surface area contributed by atoms with Gasteiger partial charge in [-0.05, 0) is 38.5 Å². The van der Waals surface area contributed by atoms with Gasteiger partial charge < -0.3 is 9.84 Å². The summed E-state index contributed by atoms with van der Waals surface area (Å²) < 4.78 is 5.10. The fourth-order valence-electron chi connectivity index (χ4n) is 1.11. The molecule has 1 amide bonds. The number of hydrogen-bond donors (Lipinski definition) is 2. The van der Waals surface area contributed by atoms with Gasteiger partial charge in [-0.3, -0.25) is 5.32 Å². The van der Waals surface area contributed by atoms with E-state index in [9.17, 15) is 4.79 Å². The number of hydrogen-bond acceptors (Lipinski definition) is 3. The minimum absolute atomic E-state index is 0.00722. The van der Waals surface area contributed by atoms with Crippen molar-refractivity contribution in [1.82, 2.24) is 0 Å². The number of aliphatic hydroxyl groups excluding tert-OH is 1. The topological polar surface area (TPSA) is 58.6 Å². The first-order chi connectivity index (χ1) is 8.40. The molecular weight excluding hydrogens is 230 g/mol. The van der Waals surface area contributed by atoms with Crippen LogP contribution in [0.4, 0.5) is 10.5 Å². The molecule has 0 radical (unpaired) electrons. The van der Waals surface area contributed by atoms with Gasteiger partial charge in [-0.2, -0.15) is 0 Å². The molecule has 0 aliphatic carbocycles. The fraction of sp³-hybridized carbons (Fsp3) is 0.500. The van der Waals surface area contributed by atoms with Crippen LogP contribution in [-0.2, 0) is 11.3 Å². The van der Waals surface area contributed by atoms with Gasteiger partial charge in [0.05, 0.1) is 6.61 Å². The summed E-state index contributed by atoms with van der Waals surface area (Å²) in [6, 6.07) is 6.92. The Morgan fingerprint density at radius 3 is 2.11 bits per heavy atom. The minimum atomic E-state index is -0.505. The Morgan fingerprint density at radius 1 is 1.22 bits per heavy atom. The van der Waals surface area contributed by atoms with E-state index in [4.69, 9.17) is 9.84 Å². The summed E-state index contributed by atoms with van der Waals surface area (Å²) in [5.74, 6) is 0. The van der Waals surface area contributed by atoms with Crippen molar-refractivity contribution < 1.29 is 14.6 Å². The van der Waals surface area contributed by atoms with E-state index in [2.05, 4.69) is 5.32 Å². The van der Waals surface area contributed by atoms with E-state index in [0.717, 1.165) is 5.56 Å². The number of benzene rings is 1. The molecule has 0 saturated heterocycles. The number of anilines is 1. The van der Waals surface area contributed by atoms with Crippen LogP contribution >= 0.6 is 0 Å². The summed E-state index contributed by atoms with van der Waals surface area (Å²) >= 11 is 0. The lowest BCUT2D eigenvalue weighted by atomic mass is 10.2. The third-order valence-electron chi connectivity index (χ3n) is 1.78. The molecule has 0 heterocycles. The number of carbonyl (C=O) groups is 1. The number of amides is 1. The van der Waals surface area contributed by atoms with E-state index in [1.807, 2.05) is 13.8 Å². The summed E-state index contributed by atoms with van der Waals surface area (Å²) in [6.45, 7) is 9.41. The molecule has 2 N–H and O–H groups in total. The summed E-state index contributed by atoms with van der Waals surface area (Å²) in [7, 11) is 0. The highest BCUT2D eigenvalue weighted by molar-refractivity contribution is 5.84. The van der Waals surface area contributed by atoms with E-state index in [1.54, 1.807) is 45.0 Å². The van der Waals surface area contributed by atoms with E-state index in [-0.39, 0.29) is 6.61 Å². The van der Waals surface area contributed by atoms with Crippen LogP contribution in [-0.4, -0.2) is 16.8 Å². The number of aliphatic hydroxyl groups is 1. The zero-order chi connectivity index (χ0) is 14.2. The Kier molecular flexibility index (Phi) is 7.05. The molecule has 0 saturated carbocycles. The van der Waals surface area contributed by atoms with Crippen LogP contribution in [0.2, 0.25) is 0 Å². The zero-order valence-corrected chi connectivity index (χ0v) is 11.8. The van der Waals surface area contributed by atoms with Gasteiger partial charge in [0.15, 0.2) is 0 Å². The van der Waals surface area contributed by atoms with Crippen LogP contribution in [0, 0.1) is 0 Å². The van der Waals surface area contributed by atoms with Crippen LogP contribution in [0.1, 0.15) is 40.2 Å². The second-order valence-corrected chi connectivity index (χ2v) is 4.48. The summed E-state index contributed by atoms with van der Waals surface area (Å²) in [4.78, 5) is 11.4. The Labute approximate surface area is 109 Å². The van der Waals surface area contributed by atoms with Crippen LogP contribution in [0.15, 0.2) is 24.3 Å². The molecule has 4 nitrogen and oxygen atoms in total. The fourth-order valence-corrected chi connectivity index (χ4v) is 1.11. The maximum atomic E-state index is 11.4. The normalized spacial score (nSPS) is 10.1. The predicted octanol–water partition coefficient (Wildman–Crippen LogP) is 3.55. The average molecular weight is 253 g/mol. The van der Waals surface area contributed by atoms with Gasteiger partial charge in [-0.1, -0.05) is 26.0 Å². The molecule has 0 aromatic heterocycles. The van der Waals surface area contributed by atoms with Gasteiger partial charge in [0, 0.05) is 5.69 Å². The van der Waals surface area contributed by atoms with Crippen molar-refractivity contribution in [3.8, 4) is 0 Å². The van der Waals surface area contributed by atoms with Crippen molar-refractivity contribution in [2.24, 2.45) is 0 Å². The molecule has 1 aromatic carbocycles. The number of rotatable bonds is 2. The van der Waals surface area contributed by atoms with Crippen molar-refractivity contribution in [3.05, 3.63) is 29.8 Å². The first-order valence-corrected chi connectivity index (χ1v) is 6.10. The molecule has 1 aromatic rings. The van der Waals surface area contributed by atoms with Gasteiger partial charge in [0.25, 0.3) is 0 Å². The van der Waals surface area contributed by atoms with Gasteiger partial charge in [-0.25, -0.2) is 4.79 Å². The van der Waals surface area contributed by atoms with Crippen molar-refractivity contribution in [3.63, 3.8) is 0 Å². The molecule has 102 valence electrons. The Balaban J connectivity index is 0.00000137. The molecule has 4 heteroatoms. The molecule has 0 unspecified atom stereocenters. The lowest BCUT2D eigenvalue weighted by Crippen LogP contribution is -2.27. The molecule has 0 aliphatic rings. The predicted molar refractivity (Wildman–Crippen MR) is 73.6 cm³/mol. The van der Waals surface area contributed by atoms with E-state index in [0.29, 0.717) is 5.69 Å². The second kappa shape index (κ2) is 7.71. The number of carbonyl (C=O) groups excluding carboxylic acids is 1. The second-order valence-electron chi connectivity index (χ2n) is 4.48. The maximum absolute atomic E-state index is 11.4. The molecule has 0 bridgehead atoms. The third-order valence-corrected chi connectivity index (χ3v) is 1.78. The summed E-state index contributed by atoms with van der Waals surface area (Å²) in [6.07, 6.45) is -0.482. The van der Waals surface area contributed by atoms with Crippen LogP contribution < -0.4 is 5.32 Å². The van der Waals surface area contributed by atoms with Gasteiger partial charge in [-0.15, -0.1) is 0 Å². The monoisotopic (exact) mass is 253 g/mol. The minimum Gasteiger partial charge on any atom is -0.444 e. The molecule has 1 rings (SSSR count). The van der Waals surface area contributed by atoms with E-state index in [1.165, 1.54) is 0 Å². The Bertz CT molecular complexity index is 352. The zero-order valence-electron chi connectivity index (χ0n) is 11.8. The standard InChI is InChI=1S/C12H17NO3.C2H6/c1-12(2,3)16-11(15)13-10-6-4-9(8-14)5-7-10;1-2/h4-7,14H,8H2,1-3H3,(H,13,15);1-2H3. The van der Waals surface area contributed by atoms with Gasteiger partial charge in [0.1, 0.15) is 5.60 Å². The van der Waals surface area contributed by atoms with Crippen LogP contribution in [0.5, 0.6) is 0 Å². The van der Waals surface area contributed by atoms with Crippen molar-refractivity contribution in [2.45, 2.75) is 46.8 Å². The summed E-state index contributed by atoms with van der Waals surface area (Å²) in [5, 5.41) is 11.5. The highest BCUT2D eigenvalue weighted by Gasteiger charge is 2.15. The first kappa shape index (κ1) is 16.4. The van der Waals surface area contributed by atoms with E-state index < -0.39 is 11.7 Å². The van der Waals surface area contributed by atoms with Crippen LogP contribution in [0.3, 0.4) is 0 Å². The highest BCUT2D eigenvalue weighted by Crippen LogP contribution is 2.12. The third kappa shape index (κ3) is 6.91. The van der Waals surface area contributed by atoms with E-state index >= 15 is 0 Å². The smallest absolute Gasteiger partial charge is 0.412 e. The number of ether oxygens (including phenoxy) is 1. The average Bonchev–Trinajstić information content (AvgIpc) is 2.30. The largest absolute Gasteiger partial charge is 0.444 e. The molecular formula is C14H23NO3. The first-order valence-electron chi connectivity index (χ1n) is 6.10. The Morgan fingerprint density at radius 2 is 1.72 bits per heavy atom. The highest BCUT2D eigenvalue weighted by atomic mass is 16.6. The van der Waals surface area contributed by atoms with Gasteiger partial charge in [0.2, 0.25) is 0 Å². The molecule has 0 aliphatic heterocycles. The van der Waals surface area contributed by atoms with Crippen molar-refractivity contribution in [1.29, 1.82) is 0 Å². The van der Waals surface area contributed by atoms with Gasteiger partial charge >= 0.3 is 6.09 Å². The lowest BCUT2D eigenvalue weighted by Gasteiger charge is -2.19. The molecule has 0 spiro atoms. The SMILES string of the molecule is CC.CC(C)(C)OC(=O)Nc1ccc(CO)cc1. The molecule has 0 fully saturated rings. The van der Waals surface area contributed by atoms with Crippen molar-refractivity contribution >= 4 is 11.8 Å². The summed E-state index contributed by atoms with van der Waals surface area (Å²) in [5.41, 5.74) is 0.941. The van der Waals surface area contributed by atoms with Crippen molar-refractivity contribution in [2.75, 3.05) is 5.32 Å². The lowest BCUT2D eigenvalue weighted by molar-refractivity contribution is 0.0636.